The van der Waals surface area contributed by atoms with Gasteiger partial charge in [-0.15, -0.1) is 0 Å². The highest BCUT2D eigenvalue weighted by Crippen LogP contribution is 2.47. The van der Waals surface area contributed by atoms with Crippen molar-refractivity contribution in [3.8, 4) is 17.2 Å². The van der Waals surface area contributed by atoms with Gasteiger partial charge in [0.05, 0.1) is 36.4 Å². The molecule has 2 fully saturated rings. The highest BCUT2D eigenvalue weighted by Gasteiger charge is 2.40. The largest absolute Gasteiger partial charge is 0.454 e. The van der Waals surface area contributed by atoms with Gasteiger partial charge in [0, 0.05) is 36.4 Å². The maximum atomic E-state index is 14.2. The Labute approximate surface area is 294 Å². The van der Waals surface area contributed by atoms with Gasteiger partial charge >= 0.3 is 0 Å². The Morgan fingerprint density at radius 2 is 1.80 bits per heavy atom. The lowest BCUT2D eigenvalue weighted by Crippen LogP contribution is -2.44. The minimum Gasteiger partial charge on any atom is -0.454 e. The molecule has 3 atom stereocenters. The van der Waals surface area contributed by atoms with E-state index >= 15 is 0 Å². The Morgan fingerprint density at radius 3 is 2.50 bits per heavy atom. The van der Waals surface area contributed by atoms with Crippen LogP contribution in [0, 0.1) is 30.5 Å². The van der Waals surface area contributed by atoms with Crippen molar-refractivity contribution in [2.75, 3.05) is 45.1 Å². The number of para-hydroxylation sites is 1. The lowest BCUT2D eigenvalue weighted by molar-refractivity contribution is 0.0392. The van der Waals surface area contributed by atoms with Gasteiger partial charge in [-0.2, -0.15) is 5.10 Å². The zero-order valence-electron chi connectivity index (χ0n) is 29.8. The molecule has 2 aromatic heterocycles. The topological polar surface area (TPSA) is 102 Å². The van der Waals surface area contributed by atoms with Gasteiger partial charge in [0.1, 0.15) is 11.6 Å². The molecule has 50 heavy (non-hydrogen) atoms. The summed E-state index contributed by atoms with van der Waals surface area (Å²) in [7, 11) is 0. The maximum Gasteiger partial charge on any atom is 0.214 e. The van der Waals surface area contributed by atoms with Crippen LogP contribution in [0.2, 0.25) is 0 Å². The quantitative estimate of drug-likeness (QED) is 0.178. The zero-order valence-corrected chi connectivity index (χ0v) is 29.8. The van der Waals surface area contributed by atoms with Crippen molar-refractivity contribution < 1.29 is 18.7 Å². The van der Waals surface area contributed by atoms with E-state index in [9.17, 15) is 9.18 Å². The number of aromatic nitrogens is 3. The molecule has 3 aliphatic rings. The number of rotatable bonds is 9. The molecular formula is C40H49FN6O3. The highest BCUT2D eigenvalue weighted by molar-refractivity contribution is 6.11. The van der Waals surface area contributed by atoms with E-state index in [1.807, 2.05) is 19.1 Å². The monoisotopic (exact) mass is 680 g/mol. The lowest BCUT2D eigenvalue weighted by Gasteiger charge is -2.46. The summed E-state index contributed by atoms with van der Waals surface area (Å²) in [6, 6.07) is 14.2. The number of carbonyl (C=O) groups is 1. The molecule has 4 heterocycles. The number of likely N-dealkylation sites (tertiary alicyclic amines) is 1. The lowest BCUT2D eigenvalue weighted by atomic mass is 9.67. The number of piperidine rings is 1. The van der Waals surface area contributed by atoms with Gasteiger partial charge in [-0.1, -0.05) is 26.0 Å². The second-order valence-electron chi connectivity index (χ2n) is 14.5. The number of aryl methyl sites for hydroxylation is 1. The summed E-state index contributed by atoms with van der Waals surface area (Å²) in [6.07, 6.45) is 6.26. The van der Waals surface area contributed by atoms with Crippen LogP contribution in [-0.4, -0.2) is 75.8 Å². The van der Waals surface area contributed by atoms with Crippen LogP contribution in [0.15, 0.2) is 60.4 Å². The number of halogens is 1. The number of morpholine rings is 1. The number of hydrogen-bond donors (Lipinski definition) is 2. The molecule has 1 aliphatic carbocycles. The maximum absolute atomic E-state index is 14.2. The van der Waals surface area contributed by atoms with Gasteiger partial charge in [0.15, 0.2) is 11.6 Å². The normalized spacial score (nSPS) is 20.9. The Balaban J connectivity index is 1.14. The number of aromatic amines is 1. The van der Waals surface area contributed by atoms with Gasteiger partial charge in [0.25, 0.3) is 0 Å². The molecule has 2 aliphatic heterocycles. The Morgan fingerprint density at radius 1 is 1.06 bits per heavy atom. The van der Waals surface area contributed by atoms with Crippen LogP contribution in [0.4, 0.5) is 10.2 Å². The highest BCUT2D eigenvalue weighted by atomic mass is 19.1. The number of allylic oxidation sites excluding steroid dienone is 1. The molecule has 0 spiro atoms. The molecule has 3 N–H and O–H groups in total. The number of fused-ring (bicyclic) bond motifs is 1. The van der Waals surface area contributed by atoms with E-state index in [1.54, 1.807) is 35.0 Å². The molecule has 2 saturated heterocycles. The number of ether oxygens (including phenoxy) is 2. The fourth-order valence-electron chi connectivity index (χ4n) is 8.36. The summed E-state index contributed by atoms with van der Waals surface area (Å²) in [5, 5.41) is 4.52. The third kappa shape index (κ3) is 6.47. The minimum absolute atomic E-state index is 0.147. The summed E-state index contributed by atoms with van der Waals surface area (Å²) in [6.45, 7) is 16.8. The van der Waals surface area contributed by atoms with Crippen molar-refractivity contribution in [2.24, 2.45) is 17.8 Å². The third-order valence-electron chi connectivity index (χ3n) is 11.3. The van der Waals surface area contributed by atoms with Gasteiger partial charge in [0.2, 0.25) is 5.78 Å². The number of anilines is 1. The molecule has 4 aromatic rings. The smallest absolute Gasteiger partial charge is 0.214 e. The Bertz CT molecular complexity index is 1880. The van der Waals surface area contributed by atoms with Crippen LogP contribution in [-0.2, 0) is 4.74 Å². The Hall–Kier alpha value is -4.41. The van der Waals surface area contributed by atoms with E-state index in [0.29, 0.717) is 46.5 Å². The van der Waals surface area contributed by atoms with E-state index in [0.717, 1.165) is 50.7 Å². The summed E-state index contributed by atoms with van der Waals surface area (Å²) in [4.78, 5) is 22.7. The molecule has 10 heteroatoms. The molecule has 7 rings (SSSR count). The zero-order chi connectivity index (χ0) is 35.1. The van der Waals surface area contributed by atoms with Crippen molar-refractivity contribution in [1.82, 2.24) is 24.6 Å². The number of nitrogen functional groups attached to an aromatic ring is 1. The first-order chi connectivity index (χ1) is 24.1. The Kier molecular flexibility index (Phi) is 9.59. The SMILES string of the molecule is Cc1cc(Oc2ccccc2F)ccc1-n1ncc(C(=O)c2cc3c([nH]2)C=C(N2CCOCC2)C([C@@H](C)C2CCN(C(C)C)CC2)C3C)c1N. The second kappa shape index (κ2) is 14.1. The predicted octanol–water partition coefficient (Wildman–Crippen LogP) is 7.42. The van der Waals surface area contributed by atoms with E-state index in [-0.39, 0.29) is 23.3 Å². The number of benzene rings is 2. The van der Waals surface area contributed by atoms with Crippen LogP contribution in [0.3, 0.4) is 0 Å². The van der Waals surface area contributed by atoms with Gasteiger partial charge in [-0.05, 0) is 118 Å². The number of ketones is 1. The standard InChI is InChI=1S/C40H49FN6O3/c1-24(2)45-14-12-28(13-15-45)26(4)38-27(5)30-21-34(44-33(30)22-36(38)46-16-18-49-19-17-46)39(48)31-23-43-47(40(31)42)35-11-10-29(20-25(35)3)50-37-9-7-6-8-32(37)41/h6-11,20-24,26-28,38,44H,12-19,42H2,1-5H3/t26-,27?,38?/m0/s1. The third-order valence-corrected chi connectivity index (χ3v) is 11.3. The van der Waals surface area contributed by atoms with Crippen molar-refractivity contribution in [1.29, 1.82) is 0 Å². The molecule has 0 bridgehead atoms. The molecule has 0 saturated carbocycles. The molecule has 0 amide bonds. The number of nitrogens with zero attached hydrogens (tertiary/aromatic N) is 4. The van der Waals surface area contributed by atoms with Gasteiger partial charge in [-0.25, -0.2) is 9.07 Å². The fraction of sp³-hybridized carbons (Fsp3) is 0.450. The molecule has 264 valence electrons. The first-order valence-electron chi connectivity index (χ1n) is 18.0. The van der Waals surface area contributed by atoms with E-state index in [1.165, 1.54) is 36.4 Å². The van der Waals surface area contributed by atoms with Crippen LogP contribution >= 0.6 is 0 Å². The van der Waals surface area contributed by atoms with E-state index < -0.39 is 5.82 Å². The second-order valence-corrected chi connectivity index (χ2v) is 14.5. The summed E-state index contributed by atoms with van der Waals surface area (Å²) < 4.78 is 27.2. The number of carbonyl (C=O) groups excluding carboxylic acids is 1. The number of hydrogen-bond acceptors (Lipinski definition) is 7. The first kappa shape index (κ1) is 34.1. The fourth-order valence-corrected chi connectivity index (χ4v) is 8.36. The van der Waals surface area contributed by atoms with Crippen LogP contribution in [0.5, 0.6) is 11.5 Å². The van der Waals surface area contributed by atoms with Crippen LogP contribution in [0.25, 0.3) is 11.8 Å². The average molecular weight is 681 g/mol. The van der Waals surface area contributed by atoms with E-state index in [2.05, 4.69) is 53.7 Å². The van der Waals surface area contributed by atoms with Crippen LogP contribution in [0.1, 0.15) is 79.3 Å². The van der Waals surface area contributed by atoms with Crippen molar-refractivity contribution in [3.05, 3.63) is 94.3 Å². The number of nitrogens with one attached hydrogen (secondary N) is 1. The first-order valence-corrected chi connectivity index (χ1v) is 18.0. The molecule has 0 radical (unpaired) electrons. The minimum atomic E-state index is -0.436. The number of H-pyrrole nitrogens is 1. The average Bonchev–Trinajstić information content (AvgIpc) is 3.73. The molecule has 2 unspecified atom stereocenters. The summed E-state index contributed by atoms with van der Waals surface area (Å²) in [5.74, 6) is 1.98. The molecular weight excluding hydrogens is 631 g/mol. The van der Waals surface area contributed by atoms with Crippen molar-refractivity contribution in [3.63, 3.8) is 0 Å². The number of nitrogens with two attached hydrogens (primary N) is 1. The van der Waals surface area contributed by atoms with Gasteiger partial charge in [-0.3, -0.25) is 4.79 Å². The summed E-state index contributed by atoms with van der Waals surface area (Å²) in [5.41, 5.74) is 12.5. The van der Waals surface area contributed by atoms with Crippen molar-refractivity contribution >= 4 is 17.7 Å². The van der Waals surface area contributed by atoms with Crippen LogP contribution < -0.4 is 10.5 Å². The molecule has 2 aromatic carbocycles. The predicted molar refractivity (Wildman–Crippen MR) is 194 cm³/mol. The summed E-state index contributed by atoms with van der Waals surface area (Å²) >= 11 is 0. The van der Waals surface area contributed by atoms with Gasteiger partial charge < -0.3 is 30.0 Å². The van der Waals surface area contributed by atoms with E-state index in [4.69, 9.17) is 15.2 Å². The molecule has 9 nitrogen and oxygen atoms in total. The van der Waals surface area contributed by atoms with Crippen molar-refractivity contribution in [2.45, 2.75) is 59.4 Å².